The molecule has 1 fully saturated rings. The molecule has 1 rings (SSSR count). The van der Waals surface area contributed by atoms with Crippen LogP contribution in [0.5, 0.6) is 0 Å². The highest BCUT2D eigenvalue weighted by Crippen LogP contribution is 2.44. The molecule has 1 aliphatic carbocycles. The third-order valence-corrected chi connectivity index (χ3v) is 3.78. The van der Waals surface area contributed by atoms with E-state index in [0.717, 1.165) is 18.4 Å². The highest BCUT2D eigenvalue weighted by Gasteiger charge is 2.47. The van der Waals surface area contributed by atoms with E-state index in [1.807, 2.05) is 20.8 Å². The van der Waals surface area contributed by atoms with Crippen molar-refractivity contribution in [3.63, 3.8) is 0 Å². The van der Waals surface area contributed by atoms with Gasteiger partial charge in [0, 0.05) is 0 Å². The highest BCUT2D eigenvalue weighted by molar-refractivity contribution is 5.74. The van der Waals surface area contributed by atoms with Crippen molar-refractivity contribution in [1.82, 2.24) is 0 Å². The topological polar surface area (TPSA) is 46.5 Å². The molecule has 0 amide bonds. The van der Waals surface area contributed by atoms with E-state index in [4.69, 9.17) is 4.74 Å². The van der Waals surface area contributed by atoms with Gasteiger partial charge in [-0.25, -0.2) is 0 Å². The first-order valence-electron chi connectivity index (χ1n) is 5.72. The van der Waals surface area contributed by atoms with Crippen LogP contribution in [-0.2, 0) is 9.53 Å². The summed E-state index contributed by atoms with van der Waals surface area (Å²) in [5.41, 5.74) is 0.718. The zero-order chi connectivity index (χ0) is 12.5. The molecule has 0 aromatic rings. The van der Waals surface area contributed by atoms with Crippen LogP contribution < -0.4 is 0 Å². The Morgan fingerprint density at radius 2 is 2.06 bits per heavy atom. The molecule has 0 aliphatic heterocycles. The van der Waals surface area contributed by atoms with E-state index in [9.17, 15) is 9.90 Å². The van der Waals surface area contributed by atoms with Crippen LogP contribution in [0.15, 0.2) is 12.2 Å². The Balaban J connectivity index is 3.00. The number of aliphatic hydroxyl groups is 1. The fraction of sp³-hybridized carbons (Fsp3) is 0.769. The first kappa shape index (κ1) is 13.2. The van der Waals surface area contributed by atoms with Crippen LogP contribution in [0.2, 0.25) is 0 Å². The van der Waals surface area contributed by atoms with Crippen molar-refractivity contribution in [2.24, 2.45) is 17.3 Å². The Labute approximate surface area is 97.5 Å². The number of hydrogen-bond acceptors (Lipinski definition) is 3. The SMILES string of the molecule is C=C(C)[C@@H]1CCC(C)(C)[C@H](O)[C@H]1C(=O)OC. The van der Waals surface area contributed by atoms with E-state index < -0.39 is 12.0 Å². The van der Waals surface area contributed by atoms with Gasteiger partial charge in [0.25, 0.3) is 0 Å². The number of aliphatic hydroxyl groups excluding tert-OH is 1. The smallest absolute Gasteiger partial charge is 0.311 e. The molecule has 3 nitrogen and oxygen atoms in total. The largest absolute Gasteiger partial charge is 0.469 e. The van der Waals surface area contributed by atoms with E-state index in [0.29, 0.717) is 0 Å². The van der Waals surface area contributed by atoms with Crippen molar-refractivity contribution in [2.75, 3.05) is 7.11 Å². The first-order valence-corrected chi connectivity index (χ1v) is 5.72. The fourth-order valence-corrected chi connectivity index (χ4v) is 2.54. The minimum Gasteiger partial charge on any atom is -0.469 e. The Hall–Kier alpha value is -0.830. The minimum atomic E-state index is -0.657. The van der Waals surface area contributed by atoms with Gasteiger partial charge in [0.15, 0.2) is 0 Å². The molecule has 0 aromatic carbocycles. The zero-order valence-corrected chi connectivity index (χ0v) is 10.6. The molecule has 16 heavy (non-hydrogen) atoms. The van der Waals surface area contributed by atoms with Gasteiger partial charge < -0.3 is 9.84 Å². The summed E-state index contributed by atoms with van der Waals surface area (Å²) >= 11 is 0. The normalized spacial score (nSPS) is 33.2. The number of ether oxygens (including phenoxy) is 1. The van der Waals surface area contributed by atoms with Gasteiger partial charge in [-0.05, 0) is 31.1 Å². The van der Waals surface area contributed by atoms with Gasteiger partial charge in [-0.2, -0.15) is 0 Å². The van der Waals surface area contributed by atoms with Crippen molar-refractivity contribution in [2.45, 2.75) is 39.7 Å². The summed E-state index contributed by atoms with van der Waals surface area (Å²) in [6, 6.07) is 0. The fourth-order valence-electron chi connectivity index (χ4n) is 2.54. The summed E-state index contributed by atoms with van der Waals surface area (Å²) in [7, 11) is 1.37. The molecule has 1 aliphatic rings. The molecule has 1 saturated carbocycles. The van der Waals surface area contributed by atoms with Gasteiger partial charge in [-0.1, -0.05) is 26.0 Å². The maximum atomic E-state index is 11.8. The lowest BCUT2D eigenvalue weighted by Crippen LogP contribution is -2.48. The van der Waals surface area contributed by atoms with Crippen LogP contribution in [-0.4, -0.2) is 24.3 Å². The number of allylic oxidation sites excluding steroid dienone is 1. The van der Waals surface area contributed by atoms with E-state index >= 15 is 0 Å². The van der Waals surface area contributed by atoms with E-state index in [1.54, 1.807) is 0 Å². The lowest BCUT2D eigenvalue weighted by Gasteiger charge is -2.44. The third kappa shape index (κ3) is 2.29. The summed E-state index contributed by atoms with van der Waals surface area (Å²) in [5.74, 6) is -0.755. The molecule has 0 radical (unpaired) electrons. The van der Waals surface area contributed by atoms with Gasteiger partial charge in [0.2, 0.25) is 0 Å². The molecule has 0 bridgehead atoms. The molecular formula is C13H22O3. The van der Waals surface area contributed by atoms with Gasteiger partial charge in [0.05, 0.1) is 19.1 Å². The third-order valence-electron chi connectivity index (χ3n) is 3.78. The van der Waals surface area contributed by atoms with Crippen molar-refractivity contribution < 1.29 is 14.6 Å². The number of carbonyl (C=O) groups excluding carboxylic acids is 1. The molecule has 0 heterocycles. The number of methoxy groups -OCH3 is 1. The Morgan fingerprint density at radius 3 is 2.50 bits per heavy atom. The molecule has 3 heteroatoms. The van der Waals surface area contributed by atoms with Crippen molar-refractivity contribution in [1.29, 1.82) is 0 Å². The molecule has 0 spiro atoms. The zero-order valence-electron chi connectivity index (χ0n) is 10.6. The second-order valence-electron chi connectivity index (χ2n) is 5.47. The lowest BCUT2D eigenvalue weighted by molar-refractivity contribution is -0.160. The Bertz CT molecular complexity index is 294. The van der Waals surface area contributed by atoms with Crippen LogP contribution in [0.25, 0.3) is 0 Å². The van der Waals surface area contributed by atoms with Crippen LogP contribution in [0.1, 0.15) is 33.6 Å². The quantitative estimate of drug-likeness (QED) is 0.579. The average Bonchev–Trinajstić information content (AvgIpc) is 2.20. The summed E-state index contributed by atoms with van der Waals surface area (Å²) < 4.78 is 4.79. The average molecular weight is 226 g/mol. The number of rotatable bonds is 2. The van der Waals surface area contributed by atoms with Crippen LogP contribution in [0, 0.1) is 17.3 Å². The van der Waals surface area contributed by atoms with Crippen molar-refractivity contribution in [3.05, 3.63) is 12.2 Å². The predicted octanol–water partition coefficient (Wildman–Crippen LogP) is 2.15. The van der Waals surface area contributed by atoms with E-state index in [2.05, 4.69) is 6.58 Å². The van der Waals surface area contributed by atoms with Gasteiger partial charge in [0.1, 0.15) is 0 Å². The van der Waals surface area contributed by atoms with Gasteiger partial charge >= 0.3 is 5.97 Å². The molecule has 0 unspecified atom stereocenters. The number of hydrogen-bond donors (Lipinski definition) is 1. The maximum absolute atomic E-state index is 11.8. The predicted molar refractivity (Wildman–Crippen MR) is 62.8 cm³/mol. The second kappa shape index (κ2) is 4.58. The summed E-state index contributed by atoms with van der Waals surface area (Å²) in [6.07, 6.45) is 1.13. The molecule has 1 N–H and O–H groups in total. The van der Waals surface area contributed by atoms with Crippen LogP contribution in [0.4, 0.5) is 0 Å². The van der Waals surface area contributed by atoms with Crippen molar-refractivity contribution >= 4 is 5.97 Å². The van der Waals surface area contributed by atoms with E-state index in [1.165, 1.54) is 7.11 Å². The lowest BCUT2D eigenvalue weighted by atomic mass is 9.63. The highest BCUT2D eigenvalue weighted by atomic mass is 16.5. The summed E-state index contributed by atoms with van der Waals surface area (Å²) in [4.78, 5) is 11.8. The van der Waals surface area contributed by atoms with Crippen molar-refractivity contribution in [3.8, 4) is 0 Å². The number of esters is 1. The van der Waals surface area contributed by atoms with Crippen LogP contribution in [0.3, 0.4) is 0 Å². The molecule has 0 saturated heterocycles. The van der Waals surface area contributed by atoms with E-state index in [-0.39, 0.29) is 17.3 Å². The molecule has 3 atom stereocenters. The monoisotopic (exact) mass is 226 g/mol. The van der Waals surface area contributed by atoms with Crippen LogP contribution >= 0.6 is 0 Å². The molecule has 92 valence electrons. The Kier molecular flexibility index (Phi) is 3.79. The number of carbonyl (C=O) groups is 1. The summed E-state index contributed by atoms with van der Waals surface area (Å²) in [5, 5.41) is 10.3. The summed E-state index contributed by atoms with van der Waals surface area (Å²) in [6.45, 7) is 9.79. The van der Waals surface area contributed by atoms with Gasteiger partial charge in [-0.3, -0.25) is 4.79 Å². The van der Waals surface area contributed by atoms with Gasteiger partial charge in [-0.15, -0.1) is 0 Å². The second-order valence-corrected chi connectivity index (χ2v) is 5.47. The minimum absolute atomic E-state index is 0.0375. The molecule has 0 aromatic heterocycles. The maximum Gasteiger partial charge on any atom is 0.311 e. The Morgan fingerprint density at radius 1 is 1.50 bits per heavy atom. The first-order chi connectivity index (χ1) is 7.31. The molecular weight excluding hydrogens is 204 g/mol. The standard InChI is InChI=1S/C13H22O3/c1-8(2)9-6-7-13(3,4)11(14)10(9)12(15)16-5/h9-11,14H,1,6-7H2,2-5H3/t9-,10-,11+/m0/s1.